The first-order valence-corrected chi connectivity index (χ1v) is 13.2. The van der Waals surface area contributed by atoms with Gasteiger partial charge in [-0.15, -0.1) is 0 Å². The maximum absolute atomic E-state index is 13.0. The van der Waals surface area contributed by atoms with Crippen molar-refractivity contribution in [2.75, 3.05) is 0 Å². The molecule has 3 rings (SSSR count). The molecular weight excluding hydrogens is 461 g/mol. The zero-order chi connectivity index (χ0) is 13.9. The molecular formula is C18H25FRa. The van der Waals surface area contributed by atoms with Gasteiger partial charge in [0.15, 0.2) is 0 Å². The predicted molar refractivity (Wildman–Crippen MR) is 78.2 cm³/mol. The number of benzene rings is 1. The molecule has 0 aliphatic heterocycles. The fraction of sp³-hybridized carbons (Fsp3) is 0.667. The molecule has 0 amide bonds. The van der Waals surface area contributed by atoms with Crippen LogP contribution in [0.2, 0.25) is 0.959 Å². The molecule has 2 aliphatic rings. The van der Waals surface area contributed by atoms with Crippen LogP contribution in [0.5, 0.6) is 0 Å². The van der Waals surface area contributed by atoms with Crippen molar-refractivity contribution >= 4 is 0 Å². The van der Waals surface area contributed by atoms with Gasteiger partial charge in [-0.25, -0.2) is 4.39 Å². The van der Waals surface area contributed by atoms with Crippen molar-refractivity contribution in [1.29, 1.82) is 0 Å². The SMILES string of the molecule is Fc1ccc(C2CCC(C3CC[CH]([RaH])CC3)CC2)cc1. The van der Waals surface area contributed by atoms with E-state index in [0.29, 0.717) is 5.92 Å². The van der Waals surface area contributed by atoms with Crippen molar-refractivity contribution in [3.05, 3.63) is 35.6 Å². The molecule has 0 atom stereocenters. The zero-order valence-corrected chi connectivity index (χ0v) is 20.9. The van der Waals surface area contributed by atoms with Crippen molar-refractivity contribution in [2.45, 2.75) is 58.2 Å². The summed E-state index contributed by atoms with van der Waals surface area (Å²) in [5, 5.41) is 0. The third-order valence-corrected chi connectivity index (χ3v) is 10.6. The van der Waals surface area contributed by atoms with Crippen LogP contribution in [0.25, 0.3) is 0 Å². The van der Waals surface area contributed by atoms with Crippen molar-refractivity contribution in [2.24, 2.45) is 11.8 Å². The Kier molecular flexibility index (Phi) is 5.63. The molecule has 0 nitrogen and oxygen atoms in total. The van der Waals surface area contributed by atoms with Crippen LogP contribution in [0.4, 0.5) is 4.39 Å². The van der Waals surface area contributed by atoms with Gasteiger partial charge in [-0.1, -0.05) is 0 Å². The summed E-state index contributed by atoms with van der Waals surface area (Å²) in [5.74, 6) is 2.61. The fourth-order valence-electron chi connectivity index (χ4n) is 4.42. The first-order valence-electron chi connectivity index (χ1n) is 8.48. The molecule has 106 valence electrons. The summed E-state index contributed by atoms with van der Waals surface area (Å²) in [4.78, 5) is 0. The van der Waals surface area contributed by atoms with Gasteiger partial charge in [0.1, 0.15) is 0 Å². The molecule has 20 heavy (non-hydrogen) atoms. The molecule has 0 spiro atoms. The van der Waals surface area contributed by atoms with E-state index >= 15 is 0 Å². The molecule has 0 saturated heterocycles. The minimum absolute atomic E-state index is 0.107. The van der Waals surface area contributed by atoms with Crippen molar-refractivity contribution in [1.82, 2.24) is 0 Å². The van der Waals surface area contributed by atoms with Crippen LogP contribution in [0.15, 0.2) is 24.3 Å². The molecule has 0 aromatic heterocycles. The zero-order valence-electron chi connectivity index (χ0n) is 12.7. The number of hydrogen-bond acceptors (Lipinski definition) is 0. The predicted octanol–water partition coefficient (Wildman–Crippen LogP) is 5.36. The first kappa shape index (κ1) is 15.5. The second-order valence-electron chi connectivity index (χ2n) is 7.18. The number of rotatable bonds is 2. The first-order chi connectivity index (χ1) is 9.72. The van der Waals surface area contributed by atoms with E-state index in [1.54, 1.807) is 25.0 Å². The molecule has 0 radical (unpaired) electrons. The van der Waals surface area contributed by atoms with Gasteiger partial charge in [0.05, 0.1) is 0 Å². The third-order valence-electron chi connectivity index (χ3n) is 5.84. The van der Waals surface area contributed by atoms with Crippen molar-refractivity contribution < 1.29 is 47.2 Å². The van der Waals surface area contributed by atoms with Crippen molar-refractivity contribution in [3.63, 3.8) is 0 Å². The summed E-state index contributed by atoms with van der Waals surface area (Å²) in [6, 6.07) is 7.24. The van der Waals surface area contributed by atoms with E-state index in [9.17, 15) is 4.39 Å². The van der Waals surface area contributed by atoms with Gasteiger partial charge < -0.3 is 0 Å². The van der Waals surface area contributed by atoms with E-state index in [-0.39, 0.29) is 5.82 Å². The van der Waals surface area contributed by atoms with Crippen molar-refractivity contribution in [3.8, 4) is 0 Å². The Balaban J connectivity index is 1.53. The summed E-state index contributed by atoms with van der Waals surface area (Å²) in [7, 11) is 0. The molecule has 0 bridgehead atoms. The second-order valence-corrected chi connectivity index (χ2v) is 13.9. The van der Waals surface area contributed by atoms with Crippen LogP contribution in [0, 0.1) is 60.4 Å². The van der Waals surface area contributed by atoms with Gasteiger partial charge in [0.25, 0.3) is 0 Å². The summed E-state index contributed by atoms with van der Waals surface area (Å²) in [6.45, 7) is 0. The summed E-state index contributed by atoms with van der Waals surface area (Å²) in [6.07, 6.45) is 11.6. The molecule has 2 fully saturated rings. The Morgan fingerprint density at radius 1 is 0.750 bits per heavy atom. The van der Waals surface area contributed by atoms with E-state index in [2.05, 4.69) is 0 Å². The Morgan fingerprint density at radius 3 is 1.80 bits per heavy atom. The van der Waals surface area contributed by atoms with E-state index in [1.807, 2.05) is 12.1 Å². The van der Waals surface area contributed by atoms with Gasteiger partial charge in [-0.2, -0.15) is 0 Å². The second kappa shape index (κ2) is 7.25. The average Bonchev–Trinajstić information content (AvgIpc) is 2.49. The van der Waals surface area contributed by atoms with Gasteiger partial charge in [-0.05, 0) is 0 Å². The maximum atomic E-state index is 13.0. The normalized spacial score (nSPS) is 34.8. The third kappa shape index (κ3) is 3.87. The molecule has 2 saturated carbocycles. The Morgan fingerprint density at radius 2 is 1.25 bits per heavy atom. The topological polar surface area (TPSA) is 0 Å². The van der Waals surface area contributed by atoms with E-state index in [4.69, 9.17) is 0 Å². The average molecular weight is 486 g/mol. The van der Waals surface area contributed by atoms with Crippen LogP contribution in [-0.4, -0.2) is 0 Å². The van der Waals surface area contributed by atoms with Crippen LogP contribution in [-0.2, 0) is 0 Å². The summed E-state index contributed by atoms with van der Waals surface area (Å²) < 4.78 is 14.2. The van der Waals surface area contributed by atoms with E-state index in [0.717, 1.165) is 54.6 Å². The van der Waals surface area contributed by atoms with Gasteiger partial charge in [0, 0.05) is 0 Å². The van der Waals surface area contributed by atoms with Crippen LogP contribution in [0.3, 0.4) is 0 Å². The number of hydrogen-bond donors (Lipinski definition) is 0. The quantitative estimate of drug-likeness (QED) is 0.528. The van der Waals surface area contributed by atoms with Gasteiger partial charge in [-0.3, -0.25) is 0 Å². The fourth-order valence-corrected chi connectivity index (χ4v) is 7.16. The molecule has 2 aliphatic carbocycles. The van der Waals surface area contributed by atoms with E-state index < -0.39 is 0 Å². The Bertz CT molecular complexity index is 412. The molecule has 1 aromatic rings. The van der Waals surface area contributed by atoms with E-state index in [1.165, 1.54) is 45.0 Å². The minimum atomic E-state index is -0.107. The molecule has 0 unspecified atom stereocenters. The molecule has 2 heteroatoms. The monoisotopic (exact) mass is 486 g/mol. The molecule has 1 aromatic carbocycles. The molecule has 0 heterocycles. The van der Waals surface area contributed by atoms with Gasteiger partial charge in [0.2, 0.25) is 0 Å². The molecule has 0 N–H and O–H groups in total. The standard InChI is InChI=1S/C18H24F.Ra.H/c19-18-12-10-17(11-13-18)16-8-6-15(7-9-16)14-4-2-1-3-5-14;;/h1,10-16H,2-9H2;;. The van der Waals surface area contributed by atoms with Gasteiger partial charge >= 0.3 is 149 Å². The van der Waals surface area contributed by atoms with Crippen LogP contribution < -0.4 is 0 Å². The summed E-state index contributed by atoms with van der Waals surface area (Å²) >= 11 is 0.751. The Hall–Kier alpha value is 0.618. The Labute approximate surface area is 151 Å². The number of halogens is 1. The van der Waals surface area contributed by atoms with Crippen LogP contribution >= 0.6 is 0 Å². The van der Waals surface area contributed by atoms with Crippen LogP contribution in [0.1, 0.15) is 62.8 Å². The summed E-state index contributed by atoms with van der Waals surface area (Å²) in [5.41, 5.74) is 1.36.